The van der Waals surface area contributed by atoms with Crippen molar-refractivity contribution in [1.82, 2.24) is 0 Å². The van der Waals surface area contributed by atoms with Crippen molar-refractivity contribution in [2.75, 3.05) is 23.8 Å². The summed E-state index contributed by atoms with van der Waals surface area (Å²) < 4.78 is 16.4. The maximum absolute atomic E-state index is 12.4. The van der Waals surface area contributed by atoms with E-state index in [1.807, 2.05) is 18.2 Å². The fraction of sp³-hybridized carbons (Fsp3) is 0.217. The summed E-state index contributed by atoms with van der Waals surface area (Å²) in [6.45, 7) is 1.26. The molecule has 0 radical (unpaired) electrons. The summed E-state index contributed by atoms with van der Waals surface area (Å²) in [7, 11) is 0. The first kappa shape index (κ1) is 20.8. The summed E-state index contributed by atoms with van der Waals surface area (Å²) in [5, 5.41) is 5.80. The minimum absolute atomic E-state index is 0.143. The van der Waals surface area contributed by atoms with Crippen molar-refractivity contribution in [3.8, 4) is 11.5 Å². The normalized spacial score (nSPS) is 12.7. The standard InChI is InChI=1S/C23H21ClN2O5/c24-17-14-16(6-7-18(17)26-23(28)20-3-1-10-30-20)25-22(27)9-5-15-4-8-19-21(13-15)31-12-2-11-29-19/h1,3-4,6-8,10,13-14H,2,5,9,11-12H2,(H,25,27)(H,26,28). The van der Waals surface area contributed by atoms with Crippen molar-refractivity contribution in [2.45, 2.75) is 19.3 Å². The van der Waals surface area contributed by atoms with Crippen LogP contribution < -0.4 is 20.1 Å². The Kier molecular flexibility index (Phi) is 6.43. The largest absolute Gasteiger partial charge is 0.490 e. The number of rotatable bonds is 6. The topological polar surface area (TPSA) is 89.8 Å². The molecule has 8 heteroatoms. The van der Waals surface area contributed by atoms with Crippen LogP contribution in [0.3, 0.4) is 0 Å². The molecule has 2 amide bonds. The molecule has 160 valence electrons. The summed E-state index contributed by atoms with van der Waals surface area (Å²) in [4.78, 5) is 24.4. The minimum Gasteiger partial charge on any atom is -0.490 e. The molecule has 1 aliphatic heterocycles. The van der Waals surface area contributed by atoms with E-state index in [9.17, 15) is 9.59 Å². The van der Waals surface area contributed by atoms with Gasteiger partial charge in [0.1, 0.15) is 0 Å². The number of aryl methyl sites for hydroxylation is 1. The lowest BCUT2D eigenvalue weighted by Crippen LogP contribution is -2.13. The van der Waals surface area contributed by atoms with Gasteiger partial charge in [0.05, 0.1) is 30.2 Å². The van der Waals surface area contributed by atoms with Gasteiger partial charge in [-0.1, -0.05) is 17.7 Å². The number of amides is 2. The lowest BCUT2D eigenvalue weighted by Gasteiger charge is -2.11. The lowest BCUT2D eigenvalue weighted by molar-refractivity contribution is -0.116. The van der Waals surface area contributed by atoms with Gasteiger partial charge in [0, 0.05) is 18.5 Å². The number of hydrogen-bond acceptors (Lipinski definition) is 5. The maximum Gasteiger partial charge on any atom is 0.291 e. The number of nitrogens with one attached hydrogen (secondary N) is 2. The molecular formula is C23H21ClN2O5. The Hall–Kier alpha value is -3.45. The van der Waals surface area contributed by atoms with E-state index >= 15 is 0 Å². The van der Waals surface area contributed by atoms with E-state index in [1.54, 1.807) is 30.3 Å². The van der Waals surface area contributed by atoms with Gasteiger partial charge in [0.25, 0.3) is 5.91 Å². The summed E-state index contributed by atoms with van der Waals surface area (Å²) in [5.74, 6) is 1.09. The number of halogens is 1. The quantitative estimate of drug-likeness (QED) is 0.568. The molecule has 31 heavy (non-hydrogen) atoms. The van der Waals surface area contributed by atoms with Gasteiger partial charge in [-0.15, -0.1) is 0 Å². The summed E-state index contributed by atoms with van der Waals surface area (Å²) in [6, 6.07) is 13.8. The zero-order valence-electron chi connectivity index (χ0n) is 16.7. The maximum atomic E-state index is 12.4. The van der Waals surface area contributed by atoms with Crippen molar-refractivity contribution in [3.63, 3.8) is 0 Å². The average Bonchev–Trinajstić information content (AvgIpc) is 3.20. The number of hydrogen-bond donors (Lipinski definition) is 2. The molecule has 2 N–H and O–H groups in total. The molecule has 7 nitrogen and oxygen atoms in total. The number of carbonyl (C=O) groups excluding carboxylic acids is 2. The van der Waals surface area contributed by atoms with E-state index in [0.717, 1.165) is 23.5 Å². The van der Waals surface area contributed by atoms with Crippen LogP contribution in [-0.4, -0.2) is 25.0 Å². The predicted molar refractivity (Wildman–Crippen MR) is 117 cm³/mol. The molecule has 0 saturated heterocycles. The highest BCUT2D eigenvalue weighted by molar-refractivity contribution is 6.34. The van der Waals surface area contributed by atoms with E-state index in [0.29, 0.717) is 42.5 Å². The monoisotopic (exact) mass is 440 g/mol. The van der Waals surface area contributed by atoms with E-state index < -0.39 is 5.91 Å². The first-order valence-corrected chi connectivity index (χ1v) is 10.3. The van der Waals surface area contributed by atoms with Gasteiger partial charge < -0.3 is 24.5 Å². The Morgan fingerprint density at radius 3 is 2.58 bits per heavy atom. The third kappa shape index (κ3) is 5.38. The molecule has 0 fully saturated rings. The highest BCUT2D eigenvalue weighted by Crippen LogP contribution is 2.31. The van der Waals surface area contributed by atoms with Gasteiger partial charge in [-0.3, -0.25) is 9.59 Å². The second kappa shape index (κ2) is 9.57. The molecule has 1 aliphatic rings. The van der Waals surface area contributed by atoms with Gasteiger partial charge in [0.2, 0.25) is 5.91 Å². The molecule has 0 bridgehead atoms. The van der Waals surface area contributed by atoms with Crippen LogP contribution in [0.1, 0.15) is 29.0 Å². The summed E-state index contributed by atoms with van der Waals surface area (Å²) >= 11 is 6.25. The van der Waals surface area contributed by atoms with Crippen molar-refractivity contribution >= 4 is 34.8 Å². The Morgan fingerprint density at radius 2 is 1.81 bits per heavy atom. The number of carbonyl (C=O) groups is 2. The molecule has 0 spiro atoms. The van der Waals surface area contributed by atoms with Crippen molar-refractivity contribution in [1.29, 1.82) is 0 Å². The number of fused-ring (bicyclic) bond motifs is 1. The van der Waals surface area contributed by atoms with Crippen molar-refractivity contribution < 1.29 is 23.5 Å². The lowest BCUT2D eigenvalue weighted by atomic mass is 10.1. The number of anilines is 2. The average molecular weight is 441 g/mol. The van der Waals surface area contributed by atoms with Crippen LogP contribution in [-0.2, 0) is 11.2 Å². The van der Waals surface area contributed by atoms with Crippen LogP contribution >= 0.6 is 11.6 Å². The van der Waals surface area contributed by atoms with Gasteiger partial charge in [-0.2, -0.15) is 0 Å². The highest BCUT2D eigenvalue weighted by atomic mass is 35.5. The van der Waals surface area contributed by atoms with Crippen LogP contribution in [0.5, 0.6) is 11.5 Å². The predicted octanol–water partition coefficient (Wildman–Crippen LogP) is 4.92. The van der Waals surface area contributed by atoms with Crippen LogP contribution in [0.4, 0.5) is 11.4 Å². The smallest absolute Gasteiger partial charge is 0.291 e. The van der Waals surface area contributed by atoms with Crippen LogP contribution in [0.15, 0.2) is 59.2 Å². The zero-order chi connectivity index (χ0) is 21.6. The number of ether oxygens (including phenoxy) is 2. The van der Waals surface area contributed by atoms with E-state index in [-0.39, 0.29) is 11.7 Å². The third-order valence-corrected chi connectivity index (χ3v) is 5.01. The first-order chi connectivity index (χ1) is 15.1. The zero-order valence-corrected chi connectivity index (χ0v) is 17.4. The molecule has 0 atom stereocenters. The van der Waals surface area contributed by atoms with Crippen LogP contribution in [0, 0.1) is 0 Å². The second-order valence-electron chi connectivity index (χ2n) is 7.01. The highest BCUT2D eigenvalue weighted by Gasteiger charge is 2.13. The SMILES string of the molecule is O=C(CCc1ccc2c(c1)OCCCO2)Nc1ccc(NC(=O)c2ccco2)c(Cl)c1. The first-order valence-electron chi connectivity index (χ1n) is 9.91. The van der Waals surface area contributed by atoms with Crippen molar-refractivity contribution in [3.05, 3.63) is 71.1 Å². The van der Waals surface area contributed by atoms with Crippen molar-refractivity contribution in [2.24, 2.45) is 0 Å². The van der Waals surface area contributed by atoms with Gasteiger partial charge in [-0.05, 0) is 54.4 Å². The second-order valence-corrected chi connectivity index (χ2v) is 7.41. The van der Waals surface area contributed by atoms with Crippen LogP contribution in [0.25, 0.3) is 0 Å². The Labute approximate surface area is 184 Å². The number of benzene rings is 2. The van der Waals surface area contributed by atoms with Gasteiger partial charge in [-0.25, -0.2) is 0 Å². The van der Waals surface area contributed by atoms with E-state index in [4.69, 9.17) is 25.5 Å². The molecule has 2 aromatic carbocycles. The van der Waals surface area contributed by atoms with Gasteiger partial charge >= 0.3 is 0 Å². The Morgan fingerprint density at radius 1 is 0.968 bits per heavy atom. The molecular weight excluding hydrogens is 420 g/mol. The fourth-order valence-corrected chi connectivity index (χ4v) is 3.36. The fourth-order valence-electron chi connectivity index (χ4n) is 3.13. The molecule has 0 saturated carbocycles. The van der Waals surface area contributed by atoms with Gasteiger partial charge in [0.15, 0.2) is 17.3 Å². The molecule has 4 rings (SSSR count). The summed E-state index contributed by atoms with van der Waals surface area (Å²) in [5.41, 5.74) is 1.96. The summed E-state index contributed by atoms with van der Waals surface area (Å²) in [6.07, 6.45) is 3.13. The van der Waals surface area contributed by atoms with Crippen LogP contribution in [0.2, 0.25) is 5.02 Å². The molecule has 2 heterocycles. The molecule has 1 aromatic heterocycles. The van der Waals surface area contributed by atoms with E-state index in [1.165, 1.54) is 6.26 Å². The molecule has 3 aromatic rings. The number of furan rings is 1. The van der Waals surface area contributed by atoms with E-state index in [2.05, 4.69) is 10.6 Å². The minimum atomic E-state index is -0.404. The molecule has 0 aliphatic carbocycles. The Balaban J connectivity index is 1.32. The Bertz CT molecular complexity index is 1080. The third-order valence-electron chi connectivity index (χ3n) is 4.70. The molecule has 0 unspecified atom stereocenters.